The quantitative estimate of drug-likeness (QED) is 0.614. The van der Waals surface area contributed by atoms with E-state index < -0.39 is 0 Å². The second kappa shape index (κ2) is 4.03. The molecule has 0 aromatic carbocycles. The SMILES string of the molecule is NC(=S)Cc1cc(Cl)nc(Cl)c1. The summed E-state index contributed by atoms with van der Waals surface area (Å²) in [5, 5.41) is 0.711. The van der Waals surface area contributed by atoms with Gasteiger partial charge in [0.25, 0.3) is 0 Å². The molecular formula is C7H6Cl2N2S. The minimum Gasteiger partial charge on any atom is -0.393 e. The maximum absolute atomic E-state index is 5.65. The van der Waals surface area contributed by atoms with Gasteiger partial charge in [0, 0.05) is 6.42 Å². The number of hydrogen-bond acceptors (Lipinski definition) is 2. The Kier molecular flexibility index (Phi) is 3.26. The van der Waals surface area contributed by atoms with E-state index >= 15 is 0 Å². The molecule has 0 aliphatic rings. The van der Waals surface area contributed by atoms with E-state index in [4.69, 9.17) is 41.2 Å². The summed E-state index contributed by atoms with van der Waals surface area (Å²) in [5.41, 5.74) is 6.23. The molecule has 0 unspecified atom stereocenters. The number of pyridine rings is 1. The topological polar surface area (TPSA) is 38.9 Å². The van der Waals surface area contributed by atoms with E-state index in [-0.39, 0.29) is 0 Å². The fourth-order valence-corrected chi connectivity index (χ4v) is 1.49. The molecule has 0 bridgehead atoms. The van der Waals surface area contributed by atoms with Gasteiger partial charge in [-0.2, -0.15) is 0 Å². The van der Waals surface area contributed by atoms with Crippen LogP contribution in [0.2, 0.25) is 10.3 Å². The smallest absolute Gasteiger partial charge is 0.131 e. The Balaban J connectivity index is 2.93. The molecule has 0 radical (unpaired) electrons. The molecule has 0 fully saturated rings. The van der Waals surface area contributed by atoms with E-state index in [9.17, 15) is 0 Å². The van der Waals surface area contributed by atoms with Gasteiger partial charge in [-0.3, -0.25) is 0 Å². The van der Waals surface area contributed by atoms with Crippen molar-refractivity contribution in [3.8, 4) is 0 Å². The van der Waals surface area contributed by atoms with Crippen molar-refractivity contribution in [2.75, 3.05) is 0 Å². The van der Waals surface area contributed by atoms with Crippen LogP contribution in [-0.4, -0.2) is 9.97 Å². The molecule has 64 valence electrons. The van der Waals surface area contributed by atoms with E-state index in [0.717, 1.165) is 5.56 Å². The maximum atomic E-state index is 5.65. The summed E-state index contributed by atoms with van der Waals surface area (Å²) < 4.78 is 0. The standard InChI is InChI=1S/C7H6Cl2N2S/c8-5-1-4(3-7(10)12)2-6(9)11-5/h1-2H,3H2,(H2,10,12). The summed E-state index contributed by atoms with van der Waals surface area (Å²) in [5.74, 6) is 0. The molecule has 2 N–H and O–H groups in total. The molecule has 0 atom stereocenters. The molecule has 1 aromatic rings. The minimum atomic E-state index is 0.355. The number of thiocarbonyl (C=S) groups is 1. The molecule has 5 heteroatoms. The lowest BCUT2D eigenvalue weighted by molar-refractivity contribution is 1.24. The third-order valence-electron chi connectivity index (χ3n) is 1.20. The predicted molar refractivity (Wildman–Crippen MR) is 54.7 cm³/mol. The molecule has 1 rings (SSSR count). The van der Waals surface area contributed by atoms with Crippen molar-refractivity contribution >= 4 is 40.4 Å². The molecule has 0 saturated carbocycles. The first-order valence-electron chi connectivity index (χ1n) is 3.18. The minimum absolute atomic E-state index is 0.355. The molecule has 0 aliphatic carbocycles. The van der Waals surface area contributed by atoms with Crippen LogP contribution in [-0.2, 0) is 6.42 Å². The molecule has 0 amide bonds. The van der Waals surface area contributed by atoms with Gasteiger partial charge in [-0.05, 0) is 17.7 Å². The van der Waals surface area contributed by atoms with Gasteiger partial charge in [-0.25, -0.2) is 4.98 Å². The highest BCUT2D eigenvalue weighted by Gasteiger charge is 2.00. The third kappa shape index (κ3) is 2.93. The molecule has 0 aliphatic heterocycles. The van der Waals surface area contributed by atoms with Gasteiger partial charge in [-0.1, -0.05) is 35.4 Å². The van der Waals surface area contributed by atoms with Crippen LogP contribution in [0, 0.1) is 0 Å². The summed E-state index contributed by atoms with van der Waals surface area (Å²) >= 11 is 16.0. The van der Waals surface area contributed by atoms with Crippen molar-refractivity contribution in [3.05, 3.63) is 28.0 Å². The lowest BCUT2D eigenvalue weighted by atomic mass is 10.2. The number of rotatable bonds is 2. The van der Waals surface area contributed by atoms with Crippen LogP contribution >= 0.6 is 35.4 Å². The Morgan fingerprint density at radius 1 is 1.42 bits per heavy atom. The van der Waals surface area contributed by atoms with Crippen molar-refractivity contribution < 1.29 is 0 Å². The van der Waals surface area contributed by atoms with Crippen molar-refractivity contribution in [1.29, 1.82) is 0 Å². The van der Waals surface area contributed by atoms with Crippen molar-refractivity contribution in [2.24, 2.45) is 5.73 Å². The second-order valence-electron chi connectivity index (χ2n) is 2.26. The van der Waals surface area contributed by atoms with Crippen molar-refractivity contribution in [3.63, 3.8) is 0 Å². The van der Waals surface area contributed by atoms with E-state index in [2.05, 4.69) is 4.98 Å². The van der Waals surface area contributed by atoms with Gasteiger partial charge >= 0.3 is 0 Å². The normalized spacial score (nSPS) is 9.83. The molecule has 12 heavy (non-hydrogen) atoms. The van der Waals surface area contributed by atoms with Crippen LogP contribution < -0.4 is 5.73 Å². The number of nitrogens with two attached hydrogens (primary N) is 1. The Morgan fingerprint density at radius 3 is 2.33 bits per heavy atom. The predicted octanol–water partition coefficient (Wildman–Crippen LogP) is 2.22. The Labute approximate surface area is 85.7 Å². The lowest BCUT2D eigenvalue weighted by Gasteiger charge is -1.99. The summed E-state index contributed by atoms with van der Waals surface area (Å²) in [4.78, 5) is 4.20. The Morgan fingerprint density at radius 2 is 1.92 bits per heavy atom. The summed E-state index contributed by atoms with van der Waals surface area (Å²) in [6.45, 7) is 0. The van der Waals surface area contributed by atoms with Crippen LogP contribution in [0.15, 0.2) is 12.1 Å². The van der Waals surface area contributed by atoms with Crippen molar-refractivity contribution in [1.82, 2.24) is 4.98 Å². The zero-order chi connectivity index (χ0) is 9.14. The van der Waals surface area contributed by atoms with Crippen LogP contribution in [0.3, 0.4) is 0 Å². The zero-order valence-corrected chi connectivity index (χ0v) is 8.38. The van der Waals surface area contributed by atoms with Gasteiger partial charge in [0.05, 0.1) is 4.99 Å². The van der Waals surface area contributed by atoms with E-state index in [0.29, 0.717) is 21.7 Å². The number of nitrogens with zero attached hydrogens (tertiary/aromatic N) is 1. The maximum Gasteiger partial charge on any atom is 0.131 e. The van der Waals surface area contributed by atoms with Crippen LogP contribution in [0.4, 0.5) is 0 Å². The first-order valence-corrected chi connectivity index (χ1v) is 4.34. The first kappa shape index (κ1) is 9.71. The van der Waals surface area contributed by atoms with Gasteiger partial charge in [0.15, 0.2) is 0 Å². The van der Waals surface area contributed by atoms with Crippen LogP contribution in [0.5, 0.6) is 0 Å². The fourth-order valence-electron chi connectivity index (χ4n) is 0.817. The van der Waals surface area contributed by atoms with Gasteiger partial charge in [0.1, 0.15) is 10.3 Å². The molecule has 0 saturated heterocycles. The largest absolute Gasteiger partial charge is 0.393 e. The molecule has 2 nitrogen and oxygen atoms in total. The summed E-state index contributed by atoms with van der Waals surface area (Å²) in [6, 6.07) is 3.37. The van der Waals surface area contributed by atoms with Gasteiger partial charge < -0.3 is 5.73 Å². The van der Waals surface area contributed by atoms with Gasteiger partial charge in [0.2, 0.25) is 0 Å². The van der Waals surface area contributed by atoms with E-state index in [1.807, 2.05) is 0 Å². The summed E-state index contributed by atoms with van der Waals surface area (Å²) in [7, 11) is 0. The van der Waals surface area contributed by atoms with Crippen LogP contribution in [0.25, 0.3) is 0 Å². The van der Waals surface area contributed by atoms with Crippen LogP contribution in [0.1, 0.15) is 5.56 Å². The second-order valence-corrected chi connectivity index (χ2v) is 3.56. The van der Waals surface area contributed by atoms with E-state index in [1.165, 1.54) is 0 Å². The number of aromatic nitrogens is 1. The highest BCUT2D eigenvalue weighted by Crippen LogP contribution is 2.14. The first-order chi connectivity index (χ1) is 5.58. The van der Waals surface area contributed by atoms with Gasteiger partial charge in [-0.15, -0.1) is 0 Å². The Bertz CT molecular complexity index is 294. The average molecular weight is 221 g/mol. The fraction of sp³-hybridized carbons (Fsp3) is 0.143. The molecular weight excluding hydrogens is 215 g/mol. The van der Waals surface area contributed by atoms with E-state index in [1.54, 1.807) is 12.1 Å². The number of halogens is 2. The number of hydrogen-bond donors (Lipinski definition) is 1. The highest BCUT2D eigenvalue weighted by atomic mass is 35.5. The third-order valence-corrected chi connectivity index (χ3v) is 1.73. The molecule has 0 spiro atoms. The highest BCUT2D eigenvalue weighted by molar-refractivity contribution is 7.80. The average Bonchev–Trinajstić information content (AvgIpc) is 1.81. The Hall–Kier alpha value is -0.380. The monoisotopic (exact) mass is 220 g/mol. The summed E-state index contributed by atoms with van der Waals surface area (Å²) in [6.07, 6.45) is 0.497. The van der Waals surface area contributed by atoms with Crippen molar-refractivity contribution in [2.45, 2.75) is 6.42 Å². The molecule has 1 heterocycles. The molecule has 1 aromatic heterocycles. The zero-order valence-electron chi connectivity index (χ0n) is 6.05. The lowest BCUT2D eigenvalue weighted by Crippen LogP contribution is -2.11.